The molecule has 0 unspecified atom stereocenters. The molecule has 2 aromatic rings. The van der Waals surface area contributed by atoms with Crippen molar-refractivity contribution in [2.24, 2.45) is 0 Å². The smallest absolute Gasteiger partial charge is 0.263 e. The predicted octanol–water partition coefficient (Wildman–Crippen LogP) is 3.93. The summed E-state index contributed by atoms with van der Waals surface area (Å²) < 4.78 is 11.6. The van der Waals surface area contributed by atoms with Gasteiger partial charge in [0.05, 0.1) is 12.6 Å². The summed E-state index contributed by atoms with van der Waals surface area (Å²) in [5.74, 6) is 0.418. The fourth-order valence-electron chi connectivity index (χ4n) is 3.16. The maximum atomic E-state index is 13.1. The van der Waals surface area contributed by atoms with Crippen molar-refractivity contribution >= 4 is 23.0 Å². The standard InChI is InChI=1S/C21H25NO4S/c1-15(23)17-6-3-7-18(12-17)26-16(2)21(24)22(13-19-8-4-10-25-19)14-20-9-5-11-27-20/h3,5-7,9,11-12,16,19H,4,8,10,13-14H2,1-2H3/t16-,19+/m1/s1. The van der Waals surface area contributed by atoms with Crippen LogP contribution in [0.25, 0.3) is 0 Å². The van der Waals surface area contributed by atoms with Crippen LogP contribution in [0.1, 0.15) is 41.9 Å². The lowest BCUT2D eigenvalue weighted by Crippen LogP contribution is -2.43. The molecule has 2 heterocycles. The molecule has 0 saturated carbocycles. The molecule has 0 N–H and O–H groups in total. The highest BCUT2D eigenvalue weighted by Crippen LogP contribution is 2.20. The summed E-state index contributed by atoms with van der Waals surface area (Å²) >= 11 is 1.63. The molecule has 6 heteroatoms. The van der Waals surface area contributed by atoms with Gasteiger partial charge in [0.1, 0.15) is 5.75 Å². The Morgan fingerprint density at radius 1 is 1.33 bits per heavy atom. The lowest BCUT2D eigenvalue weighted by Gasteiger charge is -2.28. The Bertz CT molecular complexity index is 768. The molecule has 0 aliphatic carbocycles. The van der Waals surface area contributed by atoms with E-state index in [1.54, 1.807) is 42.5 Å². The van der Waals surface area contributed by atoms with E-state index in [9.17, 15) is 9.59 Å². The molecule has 0 bridgehead atoms. The van der Waals surface area contributed by atoms with Crippen LogP contribution in [0.2, 0.25) is 0 Å². The van der Waals surface area contributed by atoms with Crippen LogP contribution in [0.15, 0.2) is 41.8 Å². The van der Waals surface area contributed by atoms with Gasteiger partial charge >= 0.3 is 0 Å². The average Bonchev–Trinajstić information content (AvgIpc) is 3.35. The number of benzene rings is 1. The van der Waals surface area contributed by atoms with Crippen LogP contribution in [0.3, 0.4) is 0 Å². The zero-order valence-electron chi connectivity index (χ0n) is 15.7. The molecule has 1 aromatic carbocycles. The number of carbonyl (C=O) groups excluding carboxylic acids is 2. The van der Waals surface area contributed by atoms with E-state index in [1.165, 1.54) is 6.92 Å². The molecule has 1 fully saturated rings. The van der Waals surface area contributed by atoms with Crippen LogP contribution in [0.4, 0.5) is 0 Å². The van der Waals surface area contributed by atoms with Gasteiger partial charge in [-0.25, -0.2) is 0 Å². The van der Waals surface area contributed by atoms with Gasteiger partial charge in [-0.15, -0.1) is 11.3 Å². The topological polar surface area (TPSA) is 55.8 Å². The first-order chi connectivity index (χ1) is 13.0. The molecule has 1 saturated heterocycles. The lowest BCUT2D eigenvalue weighted by molar-refractivity contribution is -0.140. The summed E-state index contributed by atoms with van der Waals surface area (Å²) in [5, 5.41) is 2.01. The van der Waals surface area contributed by atoms with E-state index in [4.69, 9.17) is 9.47 Å². The molecule has 0 spiro atoms. The van der Waals surface area contributed by atoms with Crippen molar-refractivity contribution in [2.45, 2.75) is 45.4 Å². The third kappa shape index (κ3) is 5.40. The summed E-state index contributed by atoms with van der Waals surface area (Å²) in [5.41, 5.74) is 0.571. The van der Waals surface area contributed by atoms with Gasteiger partial charge in [-0.05, 0) is 50.3 Å². The second kappa shape index (κ2) is 9.15. The maximum Gasteiger partial charge on any atom is 0.263 e. The highest BCUT2D eigenvalue weighted by atomic mass is 32.1. The maximum absolute atomic E-state index is 13.1. The normalized spacial score (nSPS) is 17.5. The van der Waals surface area contributed by atoms with Crippen molar-refractivity contribution in [2.75, 3.05) is 13.2 Å². The van der Waals surface area contributed by atoms with Crippen molar-refractivity contribution in [3.63, 3.8) is 0 Å². The van der Waals surface area contributed by atoms with Crippen LogP contribution >= 0.6 is 11.3 Å². The molecule has 1 aromatic heterocycles. The van der Waals surface area contributed by atoms with Crippen LogP contribution < -0.4 is 4.74 Å². The molecule has 0 radical (unpaired) electrons. The van der Waals surface area contributed by atoms with Gasteiger partial charge in [-0.2, -0.15) is 0 Å². The van der Waals surface area contributed by atoms with Gasteiger partial charge in [0.2, 0.25) is 0 Å². The van der Waals surface area contributed by atoms with Gasteiger partial charge in [0.15, 0.2) is 11.9 Å². The molecular formula is C21H25NO4S. The lowest BCUT2D eigenvalue weighted by atomic mass is 10.1. The van der Waals surface area contributed by atoms with Gasteiger partial charge in [0, 0.05) is 23.6 Å². The van der Waals surface area contributed by atoms with E-state index < -0.39 is 6.10 Å². The van der Waals surface area contributed by atoms with E-state index in [1.807, 2.05) is 22.4 Å². The molecule has 1 amide bonds. The van der Waals surface area contributed by atoms with Crippen molar-refractivity contribution < 1.29 is 19.1 Å². The van der Waals surface area contributed by atoms with Gasteiger partial charge in [0.25, 0.3) is 5.91 Å². The molecule has 1 aliphatic rings. The summed E-state index contributed by atoms with van der Waals surface area (Å²) in [6, 6.07) is 11.0. The fourth-order valence-corrected chi connectivity index (χ4v) is 3.88. The number of hydrogen-bond acceptors (Lipinski definition) is 5. The fraction of sp³-hybridized carbons (Fsp3) is 0.429. The van der Waals surface area contributed by atoms with Crippen LogP contribution in [-0.2, 0) is 16.1 Å². The van der Waals surface area contributed by atoms with Crippen molar-refractivity contribution in [3.05, 3.63) is 52.2 Å². The highest BCUT2D eigenvalue weighted by molar-refractivity contribution is 7.09. The largest absolute Gasteiger partial charge is 0.481 e. The van der Waals surface area contributed by atoms with Crippen molar-refractivity contribution in [3.8, 4) is 5.75 Å². The third-order valence-corrected chi connectivity index (χ3v) is 5.45. The minimum Gasteiger partial charge on any atom is -0.481 e. The van der Waals surface area contributed by atoms with Crippen LogP contribution in [0, 0.1) is 0 Å². The van der Waals surface area contributed by atoms with Gasteiger partial charge in [-0.3, -0.25) is 9.59 Å². The Hall–Kier alpha value is -2.18. The second-order valence-electron chi connectivity index (χ2n) is 6.78. The number of hydrogen-bond donors (Lipinski definition) is 0. The Morgan fingerprint density at radius 2 is 2.19 bits per heavy atom. The first kappa shape index (κ1) is 19.6. The van der Waals surface area contributed by atoms with Crippen LogP contribution in [0.5, 0.6) is 5.75 Å². The van der Waals surface area contributed by atoms with E-state index in [-0.39, 0.29) is 17.8 Å². The number of nitrogens with zero attached hydrogens (tertiary/aromatic N) is 1. The monoisotopic (exact) mass is 387 g/mol. The van der Waals surface area contributed by atoms with Crippen molar-refractivity contribution in [1.82, 2.24) is 4.90 Å². The number of thiophene rings is 1. The number of ether oxygens (including phenoxy) is 2. The third-order valence-electron chi connectivity index (χ3n) is 4.59. The summed E-state index contributed by atoms with van der Waals surface area (Å²) in [6.45, 7) is 5.14. The Balaban J connectivity index is 1.69. The molecule has 2 atom stereocenters. The SMILES string of the molecule is CC(=O)c1cccc(O[C@H](C)C(=O)N(Cc2cccs2)C[C@@H]2CCCO2)c1. The first-order valence-corrected chi connectivity index (χ1v) is 10.1. The van der Waals surface area contributed by atoms with Crippen LogP contribution in [-0.4, -0.2) is 41.9 Å². The number of Topliss-reactive ketones (excluding diaryl/α,β-unsaturated/α-hetero) is 1. The van der Waals surface area contributed by atoms with E-state index in [0.717, 1.165) is 24.3 Å². The minimum absolute atomic E-state index is 0.0304. The number of ketones is 1. The highest BCUT2D eigenvalue weighted by Gasteiger charge is 2.27. The summed E-state index contributed by atoms with van der Waals surface area (Å²) in [7, 11) is 0. The average molecular weight is 388 g/mol. The minimum atomic E-state index is -0.645. The zero-order valence-corrected chi connectivity index (χ0v) is 16.5. The van der Waals surface area contributed by atoms with Crippen molar-refractivity contribution in [1.29, 1.82) is 0 Å². The number of rotatable bonds is 8. The second-order valence-corrected chi connectivity index (χ2v) is 7.81. The van der Waals surface area contributed by atoms with E-state index in [2.05, 4.69) is 0 Å². The number of carbonyl (C=O) groups is 2. The molecular weight excluding hydrogens is 362 g/mol. The Labute approximate surface area is 163 Å². The molecule has 3 rings (SSSR count). The van der Waals surface area contributed by atoms with E-state index >= 15 is 0 Å². The Morgan fingerprint density at radius 3 is 2.85 bits per heavy atom. The Kier molecular flexibility index (Phi) is 6.63. The molecule has 144 valence electrons. The first-order valence-electron chi connectivity index (χ1n) is 9.23. The molecule has 1 aliphatic heterocycles. The summed E-state index contributed by atoms with van der Waals surface area (Å²) in [4.78, 5) is 27.6. The summed E-state index contributed by atoms with van der Waals surface area (Å²) in [6.07, 6.45) is 1.45. The van der Waals surface area contributed by atoms with Gasteiger partial charge in [-0.1, -0.05) is 18.2 Å². The predicted molar refractivity (Wildman–Crippen MR) is 105 cm³/mol. The zero-order chi connectivity index (χ0) is 19.2. The van der Waals surface area contributed by atoms with Gasteiger partial charge < -0.3 is 14.4 Å². The quantitative estimate of drug-likeness (QED) is 0.644. The molecule has 27 heavy (non-hydrogen) atoms. The molecule has 5 nitrogen and oxygen atoms in total. The van der Waals surface area contributed by atoms with E-state index in [0.29, 0.717) is 24.4 Å². The number of amides is 1.